The van der Waals surface area contributed by atoms with Crippen LogP contribution in [-0.4, -0.2) is 52.6 Å². The van der Waals surface area contributed by atoms with Crippen molar-refractivity contribution in [3.05, 3.63) is 78.4 Å². The number of piperazine rings is 1. The zero-order valence-electron chi connectivity index (χ0n) is 18.2. The van der Waals surface area contributed by atoms with E-state index in [2.05, 4.69) is 24.8 Å². The summed E-state index contributed by atoms with van der Waals surface area (Å²) in [7, 11) is 0. The molecule has 0 unspecified atom stereocenters. The number of nitrogen functional groups attached to an aromatic ring is 1. The number of pyridine rings is 1. The van der Waals surface area contributed by atoms with E-state index in [0.29, 0.717) is 23.0 Å². The summed E-state index contributed by atoms with van der Waals surface area (Å²) in [5.41, 5.74) is 7.72. The van der Waals surface area contributed by atoms with Crippen molar-refractivity contribution in [2.75, 3.05) is 43.4 Å². The molecule has 0 bridgehead atoms. The molecule has 0 saturated carbocycles. The molecule has 8 heteroatoms. The number of para-hydroxylation sites is 1. The van der Waals surface area contributed by atoms with Crippen molar-refractivity contribution in [1.82, 2.24) is 19.9 Å². The number of rotatable bonds is 6. The first-order chi connectivity index (χ1) is 16.1. The normalized spacial score (nSPS) is 14.5. The van der Waals surface area contributed by atoms with Crippen LogP contribution in [0.2, 0.25) is 0 Å². The van der Waals surface area contributed by atoms with Crippen LogP contribution in [0.4, 0.5) is 16.0 Å². The Hall–Kier alpha value is -3.78. The topological polar surface area (TPSA) is 80.4 Å². The van der Waals surface area contributed by atoms with Gasteiger partial charge < -0.3 is 15.4 Å². The number of hydrogen-bond donors (Lipinski definition) is 1. The van der Waals surface area contributed by atoms with Gasteiger partial charge in [0.25, 0.3) is 0 Å². The van der Waals surface area contributed by atoms with Gasteiger partial charge in [-0.15, -0.1) is 0 Å². The fourth-order valence-electron chi connectivity index (χ4n) is 4.03. The van der Waals surface area contributed by atoms with Crippen LogP contribution in [0.15, 0.2) is 67.0 Å². The van der Waals surface area contributed by atoms with Gasteiger partial charge in [0.1, 0.15) is 29.3 Å². The largest absolute Gasteiger partial charge is 0.437 e. The first kappa shape index (κ1) is 21.1. The summed E-state index contributed by atoms with van der Waals surface area (Å²) in [5, 5.41) is 0.952. The highest BCUT2D eigenvalue weighted by molar-refractivity contribution is 5.85. The van der Waals surface area contributed by atoms with Gasteiger partial charge in [0.15, 0.2) is 5.75 Å². The SMILES string of the molecule is Nc1ccc2cccc(Oc3cc(N4CCN(CCc5ccc(F)cc5)CC4)ncn3)c2n1. The van der Waals surface area contributed by atoms with Crippen molar-refractivity contribution < 1.29 is 9.13 Å². The zero-order chi connectivity index (χ0) is 22.6. The van der Waals surface area contributed by atoms with E-state index in [-0.39, 0.29) is 5.82 Å². The standard InChI is InChI=1S/C25H25FN6O/c26-20-7-4-18(5-8-20)10-11-31-12-14-32(15-13-31)23-16-24(29-17-28-23)33-21-3-1-2-19-6-9-22(27)30-25(19)21/h1-9,16-17H,10-15H2,(H2,27,30). The fourth-order valence-corrected chi connectivity index (χ4v) is 4.03. The van der Waals surface area contributed by atoms with Gasteiger partial charge in [-0.3, -0.25) is 4.90 Å². The predicted molar refractivity (Wildman–Crippen MR) is 127 cm³/mol. The molecule has 0 radical (unpaired) electrons. The third-order valence-electron chi connectivity index (χ3n) is 5.87. The average Bonchev–Trinajstić information content (AvgIpc) is 2.85. The molecule has 5 rings (SSSR count). The number of aromatic nitrogens is 3. The average molecular weight is 445 g/mol. The number of nitrogens with zero attached hydrogens (tertiary/aromatic N) is 5. The Kier molecular flexibility index (Phi) is 5.99. The Bertz CT molecular complexity index is 1240. The molecule has 1 aliphatic rings. The molecule has 0 spiro atoms. The minimum atomic E-state index is -0.193. The zero-order valence-corrected chi connectivity index (χ0v) is 18.2. The minimum Gasteiger partial charge on any atom is -0.437 e. The van der Waals surface area contributed by atoms with Crippen molar-refractivity contribution in [2.24, 2.45) is 0 Å². The van der Waals surface area contributed by atoms with Crippen LogP contribution in [0.3, 0.4) is 0 Å². The summed E-state index contributed by atoms with van der Waals surface area (Å²) in [5.74, 6) is 2.16. The van der Waals surface area contributed by atoms with Crippen molar-refractivity contribution in [1.29, 1.82) is 0 Å². The molecule has 1 aliphatic heterocycles. The molecule has 3 heterocycles. The molecule has 0 amide bonds. The molecule has 2 aromatic heterocycles. The first-order valence-corrected chi connectivity index (χ1v) is 11.0. The van der Waals surface area contributed by atoms with Gasteiger partial charge in [0, 0.05) is 44.2 Å². The highest BCUT2D eigenvalue weighted by Gasteiger charge is 2.19. The smallest absolute Gasteiger partial charge is 0.224 e. The number of nitrogens with two attached hydrogens (primary N) is 1. The second-order valence-corrected chi connectivity index (χ2v) is 8.09. The van der Waals surface area contributed by atoms with E-state index >= 15 is 0 Å². The molecule has 33 heavy (non-hydrogen) atoms. The molecule has 1 saturated heterocycles. The number of anilines is 2. The van der Waals surface area contributed by atoms with Crippen molar-refractivity contribution in [3.8, 4) is 11.6 Å². The Balaban J connectivity index is 1.21. The van der Waals surface area contributed by atoms with Gasteiger partial charge in [-0.2, -0.15) is 0 Å². The molecular formula is C25H25FN6O. The van der Waals surface area contributed by atoms with E-state index in [1.807, 2.05) is 42.5 Å². The number of benzene rings is 2. The van der Waals surface area contributed by atoms with E-state index in [0.717, 1.165) is 55.9 Å². The molecule has 0 aliphatic carbocycles. The van der Waals surface area contributed by atoms with E-state index in [4.69, 9.17) is 10.5 Å². The Morgan fingerprint density at radius 2 is 1.76 bits per heavy atom. The van der Waals surface area contributed by atoms with Crippen molar-refractivity contribution in [3.63, 3.8) is 0 Å². The summed E-state index contributed by atoms with van der Waals surface area (Å²) in [6.45, 7) is 4.56. The lowest BCUT2D eigenvalue weighted by Crippen LogP contribution is -2.47. The second kappa shape index (κ2) is 9.38. The molecule has 2 aromatic carbocycles. The third kappa shape index (κ3) is 5.01. The van der Waals surface area contributed by atoms with Crippen LogP contribution in [0, 0.1) is 5.82 Å². The summed E-state index contributed by atoms with van der Waals surface area (Å²) < 4.78 is 19.1. The molecule has 2 N–H and O–H groups in total. The van der Waals surface area contributed by atoms with Gasteiger partial charge in [-0.25, -0.2) is 19.3 Å². The monoisotopic (exact) mass is 444 g/mol. The van der Waals surface area contributed by atoms with Gasteiger partial charge >= 0.3 is 0 Å². The Morgan fingerprint density at radius 1 is 0.939 bits per heavy atom. The molecule has 0 atom stereocenters. The van der Waals surface area contributed by atoms with Crippen LogP contribution in [-0.2, 0) is 6.42 Å². The quantitative estimate of drug-likeness (QED) is 0.483. The number of halogens is 1. The highest BCUT2D eigenvalue weighted by Crippen LogP contribution is 2.29. The van der Waals surface area contributed by atoms with Gasteiger partial charge in [-0.05, 0) is 42.3 Å². The van der Waals surface area contributed by atoms with Crippen LogP contribution in [0.5, 0.6) is 11.6 Å². The third-order valence-corrected chi connectivity index (χ3v) is 5.87. The lowest BCUT2D eigenvalue weighted by atomic mass is 10.1. The maximum atomic E-state index is 13.1. The molecule has 4 aromatic rings. The number of hydrogen-bond acceptors (Lipinski definition) is 7. The summed E-state index contributed by atoms with van der Waals surface area (Å²) in [6, 6.07) is 18.0. The second-order valence-electron chi connectivity index (χ2n) is 8.09. The number of fused-ring (bicyclic) bond motifs is 1. The van der Waals surface area contributed by atoms with E-state index < -0.39 is 0 Å². The lowest BCUT2D eigenvalue weighted by Gasteiger charge is -2.35. The van der Waals surface area contributed by atoms with Crippen molar-refractivity contribution >= 4 is 22.5 Å². The van der Waals surface area contributed by atoms with E-state index in [1.54, 1.807) is 6.07 Å². The fraction of sp³-hybridized carbons (Fsp3) is 0.240. The maximum Gasteiger partial charge on any atom is 0.224 e. The van der Waals surface area contributed by atoms with Gasteiger partial charge in [0.2, 0.25) is 5.88 Å². The van der Waals surface area contributed by atoms with Crippen LogP contribution in [0.25, 0.3) is 10.9 Å². The maximum absolute atomic E-state index is 13.1. The molecule has 168 valence electrons. The van der Waals surface area contributed by atoms with Crippen LogP contribution < -0.4 is 15.4 Å². The predicted octanol–water partition coefficient (Wildman–Crippen LogP) is 3.90. The minimum absolute atomic E-state index is 0.193. The number of ether oxygens (including phenoxy) is 1. The van der Waals surface area contributed by atoms with E-state index in [9.17, 15) is 4.39 Å². The molecule has 1 fully saturated rings. The lowest BCUT2D eigenvalue weighted by molar-refractivity contribution is 0.260. The summed E-state index contributed by atoms with van der Waals surface area (Å²) >= 11 is 0. The van der Waals surface area contributed by atoms with Gasteiger partial charge in [0.05, 0.1) is 0 Å². The van der Waals surface area contributed by atoms with Crippen molar-refractivity contribution in [2.45, 2.75) is 6.42 Å². The Morgan fingerprint density at radius 3 is 2.58 bits per heavy atom. The van der Waals surface area contributed by atoms with Gasteiger partial charge in [-0.1, -0.05) is 24.3 Å². The summed E-state index contributed by atoms with van der Waals surface area (Å²) in [4.78, 5) is 17.8. The summed E-state index contributed by atoms with van der Waals surface area (Å²) in [6.07, 6.45) is 2.44. The van der Waals surface area contributed by atoms with Crippen LogP contribution in [0.1, 0.15) is 5.56 Å². The highest BCUT2D eigenvalue weighted by atomic mass is 19.1. The Labute approximate surface area is 191 Å². The molecular weight excluding hydrogens is 419 g/mol. The van der Waals surface area contributed by atoms with E-state index in [1.165, 1.54) is 18.5 Å². The molecule has 7 nitrogen and oxygen atoms in total. The van der Waals surface area contributed by atoms with Crippen LogP contribution >= 0.6 is 0 Å². The first-order valence-electron chi connectivity index (χ1n) is 11.0.